The van der Waals surface area contributed by atoms with Crippen LogP contribution in [0.15, 0.2) is 0 Å². The van der Waals surface area contributed by atoms with Gasteiger partial charge in [0.25, 0.3) is 0 Å². The van der Waals surface area contributed by atoms with E-state index in [1.54, 1.807) is 0 Å². The normalized spacial score (nSPS) is 22.5. The van der Waals surface area contributed by atoms with Crippen LogP contribution in [0, 0.1) is 5.92 Å². The molecule has 0 aliphatic carbocycles. The molecule has 4 heteroatoms. The summed E-state index contributed by atoms with van der Waals surface area (Å²) < 4.78 is 0. The zero-order valence-corrected chi connectivity index (χ0v) is 11.7. The molecule has 0 bridgehead atoms. The highest BCUT2D eigenvalue weighted by Crippen LogP contribution is 2.15. The van der Waals surface area contributed by atoms with Crippen molar-refractivity contribution in [3.63, 3.8) is 0 Å². The van der Waals surface area contributed by atoms with Crippen LogP contribution in [0.2, 0.25) is 0 Å². The summed E-state index contributed by atoms with van der Waals surface area (Å²) in [5.41, 5.74) is 0. The Morgan fingerprint density at radius 2 is 2.18 bits per heavy atom. The summed E-state index contributed by atoms with van der Waals surface area (Å²) in [4.78, 5) is 16.6. The Hall–Kier alpha value is -0.610. The molecule has 100 valence electrons. The first-order valence-electron chi connectivity index (χ1n) is 6.72. The van der Waals surface area contributed by atoms with Gasteiger partial charge in [0.15, 0.2) is 0 Å². The lowest BCUT2D eigenvalue weighted by Gasteiger charge is -2.34. The maximum absolute atomic E-state index is 12.4. The molecular formula is C13H27N3O. The zero-order valence-electron chi connectivity index (χ0n) is 11.7. The molecular weight excluding hydrogens is 214 g/mol. The summed E-state index contributed by atoms with van der Waals surface area (Å²) in [5.74, 6) is 0.516. The van der Waals surface area contributed by atoms with Crippen molar-refractivity contribution in [3.05, 3.63) is 0 Å². The van der Waals surface area contributed by atoms with Crippen molar-refractivity contribution in [2.45, 2.75) is 32.7 Å². The van der Waals surface area contributed by atoms with Crippen molar-refractivity contribution < 1.29 is 4.79 Å². The minimum atomic E-state index is 0.188. The molecule has 2 unspecified atom stereocenters. The Balaban J connectivity index is 2.55. The number of hydrogen-bond acceptors (Lipinski definition) is 3. The number of likely N-dealkylation sites (N-methyl/N-ethyl adjacent to an activating group) is 2. The maximum Gasteiger partial charge on any atom is 0.227 e. The molecule has 1 fully saturated rings. The molecule has 1 saturated heterocycles. The molecule has 1 aliphatic heterocycles. The molecule has 1 rings (SSSR count). The molecule has 0 aromatic heterocycles. The Labute approximate surface area is 105 Å². The molecule has 1 N–H and O–H groups in total. The van der Waals surface area contributed by atoms with Gasteiger partial charge in [0, 0.05) is 25.7 Å². The van der Waals surface area contributed by atoms with Crippen LogP contribution < -0.4 is 5.32 Å². The third-order valence-corrected chi connectivity index (χ3v) is 3.43. The van der Waals surface area contributed by atoms with Gasteiger partial charge in [-0.2, -0.15) is 0 Å². The average molecular weight is 241 g/mol. The summed E-state index contributed by atoms with van der Waals surface area (Å²) >= 11 is 0. The van der Waals surface area contributed by atoms with Gasteiger partial charge < -0.3 is 15.1 Å². The van der Waals surface area contributed by atoms with E-state index < -0.39 is 0 Å². The first kappa shape index (κ1) is 14.5. The lowest BCUT2D eigenvalue weighted by Crippen LogP contribution is -2.49. The number of amides is 1. The maximum atomic E-state index is 12.4. The van der Waals surface area contributed by atoms with E-state index in [0.29, 0.717) is 11.9 Å². The van der Waals surface area contributed by atoms with Crippen LogP contribution in [0.25, 0.3) is 0 Å². The average Bonchev–Trinajstić information content (AvgIpc) is 2.30. The highest BCUT2D eigenvalue weighted by atomic mass is 16.2. The van der Waals surface area contributed by atoms with E-state index in [1.165, 1.54) is 0 Å². The molecule has 1 aliphatic rings. The Kier molecular flexibility index (Phi) is 5.92. The molecule has 17 heavy (non-hydrogen) atoms. The summed E-state index contributed by atoms with van der Waals surface area (Å²) in [6.45, 7) is 7.86. The van der Waals surface area contributed by atoms with Gasteiger partial charge in [-0.05, 0) is 47.3 Å². The Bertz CT molecular complexity index is 237. The Morgan fingerprint density at radius 3 is 2.65 bits per heavy atom. The van der Waals surface area contributed by atoms with Gasteiger partial charge in [-0.1, -0.05) is 0 Å². The first-order valence-corrected chi connectivity index (χ1v) is 6.72. The number of rotatable bonds is 5. The fraction of sp³-hybridized carbons (Fsp3) is 0.923. The first-order chi connectivity index (χ1) is 8.06. The third kappa shape index (κ3) is 4.28. The molecule has 0 aromatic carbocycles. The minimum Gasteiger partial charge on any atom is -0.339 e. The number of nitrogens with one attached hydrogen (secondary N) is 1. The van der Waals surface area contributed by atoms with Gasteiger partial charge in [0.1, 0.15) is 0 Å². The van der Waals surface area contributed by atoms with E-state index in [-0.39, 0.29) is 5.92 Å². The quantitative estimate of drug-likeness (QED) is 0.773. The topological polar surface area (TPSA) is 35.6 Å². The second-order valence-corrected chi connectivity index (χ2v) is 5.28. The lowest BCUT2D eigenvalue weighted by molar-refractivity contribution is -0.138. The van der Waals surface area contributed by atoms with E-state index in [4.69, 9.17) is 0 Å². The fourth-order valence-corrected chi connectivity index (χ4v) is 2.61. The van der Waals surface area contributed by atoms with Gasteiger partial charge >= 0.3 is 0 Å². The largest absolute Gasteiger partial charge is 0.339 e. The number of hydrogen-bond donors (Lipinski definition) is 1. The van der Waals surface area contributed by atoms with Crippen LogP contribution >= 0.6 is 0 Å². The van der Waals surface area contributed by atoms with Crippen molar-refractivity contribution in [2.75, 3.05) is 40.3 Å². The molecule has 0 radical (unpaired) electrons. The van der Waals surface area contributed by atoms with E-state index >= 15 is 0 Å². The van der Waals surface area contributed by atoms with E-state index in [0.717, 1.165) is 39.0 Å². The van der Waals surface area contributed by atoms with E-state index in [1.807, 2.05) is 4.90 Å². The summed E-state index contributed by atoms with van der Waals surface area (Å²) in [6, 6.07) is 0.296. The van der Waals surface area contributed by atoms with Crippen molar-refractivity contribution in [3.8, 4) is 0 Å². The van der Waals surface area contributed by atoms with Crippen molar-refractivity contribution in [1.82, 2.24) is 15.1 Å². The van der Waals surface area contributed by atoms with Crippen LogP contribution in [0.3, 0.4) is 0 Å². The van der Waals surface area contributed by atoms with E-state index in [9.17, 15) is 4.79 Å². The second kappa shape index (κ2) is 6.97. The minimum absolute atomic E-state index is 0.188. The Morgan fingerprint density at radius 1 is 1.47 bits per heavy atom. The monoisotopic (exact) mass is 241 g/mol. The van der Waals surface area contributed by atoms with Crippen LogP contribution in [0.4, 0.5) is 0 Å². The van der Waals surface area contributed by atoms with Crippen molar-refractivity contribution in [1.29, 1.82) is 0 Å². The third-order valence-electron chi connectivity index (χ3n) is 3.43. The molecule has 1 amide bonds. The number of nitrogens with zero attached hydrogens (tertiary/aromatic N) is 2. The van der Waals surface area contributed by atoms with Crippen LogP contribution in [-0.2, 0) is 4.79 Å². The molecule has 1 heterocycles. The zero-order chi connectivity index (χ0) is 12.8. The van der Waals surface area contributed by atoms with Gasteiger partial charge in [0.05, 0.1) is 5.92 Å². The van der Waals surface area contributed by atoms with E-state index in [2.05, 4.69) is 38.2 Å². The standard InChI is InChI=1S/C13H27N3O/c1-5-16(11(2)10-15(3)4)13(17)12-7-6-8-14-9-12/h11-12,14H,5-10H2,1-4H3. The molecule has 4 nitrogen and oxygen atoms in total. The number of piperidine rings is 1. The van der Waals surface area contributed by atoms with Crippen molar-refractivity contribution in [2.24, 2.45) is 5.92 Å². The summed E-state index contributed by atoms with van der Waals surface area (Å²) in [6.07, 6.45) is 2.16. The predicted octanol–water partition coefficient (Wildman–Crippen LogP) is 0.785. The SMILES string of the molecule is CCN(C(=O)C1CCCNC1)C(C)CN(C)C. The van der Waals surface area contributed by atoms with Gasteiger partial charge in [-0.15, -0.1) is 0 Å². The van der Waals surface area contributed by atoms with Gasteiger partial charge in [-0.3, -0.25) is 4.79 Å². The highest BCUT2D eigenvalue weighted by Gasteiger charge is 2.27. The lowest BCUT2D eigenvalue weighted by atomic mass is 9.97. The summed E-state index contributed by atoms with van der Waals surface area (Å²) in [7, 11) is 4.11. The molecule has 0 spiro atoms. The van der Waals surface area contributed by atoms with Crippen LogP contribution in [0.1, 0.15) is 26.7 Å². The number of carbonyl (C=O) groups is 1. The van der Waals surface area contributed by atoms with Gasteiger partial charge in [0.2, 0.25) is 5.91 Å². The van der Waals surface area contributed by atoms with Crippen molar-refractivity contribution >= 4 is 5.91 Å². The van der Waals surface area contributed by atoms with Gasteiger partial charge in [-0.25, -0.2) is 0 Å². The fourth-order valence-electron chi connectivity index (χ4n) is 2.61. The molecule has 0 saturated carbocycles. The molecule has 2 atom stereocenters. The van der Waals surface area contributed by atoms with Crippen LogP contribution in [-0.4, -0.2) is 62.0 Å². The number of carbonyl (C=O) groups excluding carboxylic acids is 1. The second-order valence-electron chi connectivity index (χ2n) is 5.28. The summed E-state index contributed by atoms with van der Waals surface area (Å²) in [5, 5.41) is 3.32. The predicted molar refractivity (Wildman–Crippen MR) is 71.0 cm³/mol. The van der Waals surface area contributed by atoms with Crippen LogP contribution in [0.5, 0.6) is 0 Å². The molecule has 0 aromatic rings. The highest BCUT2D eigenvalue weighted by molar-refractivity contribution is 5.79. The smallest absolute Gasteiger partial charge is 0.227 e.